The second-order valence-electron chi connectivity index (χ2n) is 8.07. The summed E-state index contributed by atoms with van der Waals surface area (Å²) in [4.78, 5) is 10.6. The van der Waals surface area contributed by atoms with Gasteiger partial charge in [-0.25, -0.2) is 0 Å². The Bertz CT molecular complexity index is 838. The van der Waals surface area contributed by atoms with E-state index in [-0.39, 0.29) is 13.3 Å². The van der Waals surface area contributed by atoms with Crippen LogP contribution in [0.5, 0.6) is 0 Å². The minimum Gasteiger partial charge on any atom is -0.330 e. The fraction of sp³-hybridized carbons (Fsp3) is 0.452. The van der Waals surface area contributed by atoms with Crippen LogP contribution in [-0.4, -0.2) is 5.91 Å². The summed E-state index contributed by atoms with van der Waals surface area (Å²) in [6.45, 7) is 25.9. The van der Waals surface area contributed by atoms with E-state index in [1.807, 2.05) is 39.8 Å². The molecule has 0 radical (unpaired) electrons. The first kappa shape index (κ1) is 32.6. The maximum absolute atomic E-state index is 10.6. The van der Waals surface area contributed by atoms with Crippen LogP contribution in [0.4, 0.5) is 0 Å². The molecule has 1 aromatic rings. The zero-order chi connectivity index (χ0) is 24.7. The Morgan fingerprint density at radius 1 is 1.15 bits per heavy atom. The van der Waals surface area contributed by atoms with Crippen LogP contribution in [0.1, 0.15) is 91.8 Å². The summed E-state index contributed by atoms with van der Waals surface area (Å²) >= 11 is 0. The van der Waals surface area contributed by atoms with Crippen LogP contribution in [0, 0.1) is 5.92 Å². The zero-order valence-corrected chi connectivity index (χ0v) is 21.6. The lowest BCUT2D eigenvalue weighted by Gasteiger charge is -2.20. The summed E-state index contributed by atoms with van der Waals surface area (Å²) in [7, 11) is 0. The van der Waals surface area contributed by atoms with Gasteiger partial charge in [0.1, 0.15) is 0 Å². The molecule has 184 valence electrons. The van der Waals surface area contributed by atoms with Gasteiger partial charge in [0.25, 0.3) is 0 Å². The number of fused-ring (bicyclic) bond motifs is 1. The predicted molar refractivity (Wildman–Crippen MR) is 150 cm³/mol. The number of amides is 1. The summed E-state index contributed by atoms with van der Waals surface area (Å²) < 4.78 is 0. The lowest BCUT2D eigenvalue weighted by Crippen LogP contribution is -2.30. The van der Waals surface area contributed by atoms with Crippen LogP contribution in [0.25, 0.3) is 5.57 Å². The van der Waals surface area contributed by atoms with Crippen LogP contribution in [0.2, 0.25) is 0 Å². The molecule has 1 fully saturated rings. The van der Waals surface area contributed by atoms with Crippen molar-refractivity contribution in [3.63, 3.8) is 0 Å². The van der Waals surface area contributed by atoms with Crippen molar-refractivity contribution in [1.82, 2.24) is 5.32 Å². The van der Waals surface area contributed by atoms with Crippen LogP contribution >= 0.6 is 0 Å². The lowest BCUT2D eigenvalue weighted by molar-refractivity contribution is -0.121. The number of hydrogen-bond donors (Lipinski definition) is 1. The van der Waals surface area contributed by atoms with Crippen LogP contribution < -0.4 is 5.32 Å². The maximum Gasteiger partial charge on any atom is 0.224 e. The molecule has 0 bridgehead atoms. The van der Waals surface area contributed by atoms with Gasteiger partial charge in [0.2, 0.25) is 5.91 Å². The van der Waals surface area contributed by atoms with E-state index in [2.05, 4.69) is 70.1 Å². The largest absolute Gasteiger partial charge is 0.330 e. The predicted octanol–water partition coefficient (Wildman–Crippen LogP) is 9.00. The molecule has 0 aromatic heterocycles. The molecule has 33 heavy (non-hydrogen) atoms. The highest BCUT2D eigenvalue weighted by molar-refractivity contribution is 5.78. The third-order valence-electron chi connectivity index (χ3n) is 5.62. The third kappa shape index (κ3) is 11.7. The van der Waals surface area contributed by atoms with E-state index in [1.165, 1.54) is 28.7 Å². The van der Waals surface area contributed by atoms with Crippen molar-refractivity contribution in [3.8, 4) is 0 Å². The van der Waals surface area contributed by atoms with Gasteiger partial charge in [0, 0.05) is 12.1 Å². The fourth-order valence-electron chi connectivity index (χ4n) is 3.27. The molecule has 1 aromatic carbocycles. The number of hydrogen-bond acceptors (Lipinski definition) is 1. The number of piperidine rings is 1. The molecule has 1 heterocycles. The van der Waals surface area contributed by atoms with Gasteiger partial charge in [0.05, 0.1) is 0 Å². The molecule has 1 aliphatic carbocycles. The number of carbonyl (C=O) groups is 1. The van der Waals surface area contributed by atoms with Gasteiger partial charge in [-0.05, 0) is 80.2 Å². The first-order chi connectivity index (χ1) is 15.2. The smallest absolute Gasteiger partial charge is 0.224 e. The van der Waals surface area contributed by atoms with Crippen molar-refractivity contribution in [2.24, 2.45) is 5.92 Å². The Morgan fingerprint density at radius 3 is 2.27 bits per heavy atom. The molecule has 1 N–H and O–H groups in total. The summed E-state index contributed by atoms with van der Waals surface area (Å²) in [5, 5.41) is 2.70. The van der Waals surface area contributed by atoms with E-state index >= 15 is 0 Å². The fourth-order valence-corrected chi connectivity index (χ4v) is 3.27. The number of benzene rings is 1. The van der Waals surface area contributed by atoms with Crippen molar-refractivity contribution in [2.45, 2.75) is 88.0 Å². The molecule has 2 aliphatic rings. The lowest BCUT2D eigenvalue weighted by atomic mass is 9.98. The Kier molecular flexibility index (Phi) is 17.7. The molecule has 0 spiro atoms. The average molecular weight is 452 g/mol. The zero-order valence-electron chi connectivity index (χ0n) is 21.6. The summed E-state index contributed by atoms with van der Waals surface area (Å²) in [5.74, 6) is 0.570. The molecule has 2 heteroatoms. The summed E-state index contributed by atoms with van der Waals surface area (Å²) in [6.07, 6.45) is 11.2. The van der Waals surface area contributed by atoms with Crippen molar-refractivity contribution < 1.29 is 4.79 Å². The molecule has 1 saturated heterocycles. The topological polar surface area (TPSA) is 29.1 Å². The van der Waals surface area contributed by atoms with Gasteiger partial charge in [-0.15, -0.1) is 0 Å². The Hall–Kier alpha value is -2.61. The van der Waals surface area contributed by atoms with E-state index in [1.54, 1.807) is 5.56 Å². The minimum absolute atomic E-state index is 0. The molecule has 1 amide bonds. The first-order valence-corrected chi connectivity index (χ1v) is 11.9. The molecule has 1 aliphatic heterocycles. The number of aryl methyl sites for hydroxylation is 1. The number of nitrogens with one attached hydrogen (secondary N) is 1. The summed E-state index contributed by atoms with van der Waals surface area (Å²) in [6, 6.07) is 6.58. The average Bonchev–Trinajstić information content (AvgIpc) is 3.18. The van der Waals surface area contributed by atoms with Gasteiger partial charge in [0.15, 0.2) is 0 Å². The van der Waals surface area contributed by atoms with E-state index in [0.29, 0.717) is 12.3 Å². The van der Waals surface area contributed by atoms with E-state index in [0.717, 1.165) is 30.5 Å². The maximum atomic E-state index is 10.6. The highest BCUT2D eigenvalue weighted by Crippen LogP contribution is 2.32. The highest BCUT2D eigenvalue weighted by Gasteiger charge is 2.17. The second-order valence-corrected chi connectivity index (χ2v) is 8.07. The third-order valence-corrected chi connectivity index (χ3v) is 5.62. The van der Waals surface area contributed by atoms with E-state index in [4.69, 9.17) is 0 Å². The van der Waals surface area contributed by atoms with Crippen LogP contribution in [0.3, 0.4) is 0 Å². The SMILES string of the molecule is C.C=C(C)/C(C)=C/C=C\C.C=C1CCc2c(CC)cccc21.C=C1NC(=O)CCC1C.CC. The van der Waals surface area contributed by atoms with Gasteiger partial charge < -0.3 is 5.32 Å². The van der Waals surface area contributed by atoms with Gasteiger partial charge in [-0.1, -0.05) is 96.9 Å². The number of rotatable bonds is 3. The summed E-state index contributed by atoms with van der Waals surface area (Å²) in [5.41, 5.74) is 9.03. The molecular formula is C31H49NO. The Labute approximate surface area is 205 Å². The number of allylic oxidation sites excluding steroid dienone is 7. The van der Waals surface area contributed by atoms with Crippen molar-refractivity contribution in [1.29, 1.82) is 0 Å². The van der Waals surface area contributed by atoms with Crippen LogP contribution in [0.15, 0.2) is 73.0 Å². The van der Waals surface area contributed by atoms with Crippen LogP contribution in [-0.2, 0) is 17.6 Å². The quantitative estimate of drug-likeness (QED) is 0.456. The molecule has 0 saturated carbocycles. The van der Waals surface area contributed by atoms with Crippen molar-refractivity contribution in [3.05, 3.63) is 89.7 Å². The number of carbonyl (C=O) groups excluding carboxylic acids is 1. The van der Waals surface area contributed by atoms with Gasteiger partial charge in [-0.2, -0.15) is 0 Å². The Morgan fingerprint density at radius 2 is 1.79 bits per heavy atom. The van der Waals surface area contributed by atoms with E-state index < -0.39 is 0 Å². The Balaban J connectivity index is 0. The molecule has 3 rings (SSSR count). The molecular weight excluding hydrogens is 402 g/mol. The molecule has 1 unspecified atom stereocenters. The molecule has 1 atom stereocenters. The van der Waals surface area contributed by atoms with Crippen molar-refractivity contribution in [2.75, 3.05) is 0 Å². The van der Waals surface area contributed by atoms with E-state index in [9.17, 15) is 4.79 Å². The standard InChI is InChI=1S/C12H14.C9H14.C7H11NO.C2H6.CH4/c1-3-10-5-4-6-11-9(2)7-8-12(10)11;1-5-6-7-9(4)8(2)3;1-5-3-4-7(9)8-6(5)2;1-2;/h4-6H,2-3,7-8H2,1H3;5-7H,2H2,1,3-4H3;5H,2-4H2,1H3,(H,8,9);1-2H3;1H4/b;6-5-,9-7+;;;. The normalized spacial score (nSPS) is 16.6. The monoisotopic (exact) mass is 451 g/mol. The molecule has 2 nitrogen and oxygen atoms in total. The second kappa shape index (κ2) is 17.9. The van der Waals surface area contributed by atoms with Gasteiger partial charge >= 0.3 is 0 Å². The van der Waals surface area contributed by atoms with Gasteiger partial charge in [-0.3, -0.25) is 4.79 Å². The highest BCUT2D eigenvalue weighted by atomic mass is 16.1. The minimum atomic E-state index is 0. The van der Waals surface area contributed by atoms with Crippen molar-refractivity contribution >= 4 is 11.5 Å². The first-order valence-electron chi connectivity index (χ1n) is 11.9.